The first kappa shape index (κ1) is 21.9. The number of alkyl halides is 3. The van der Waals surface area contributed by atoms with Gasteiger partial charge in [0.05, 0.1) is 36.6 Å². The van der Waals surface area contributed by atoms with Gasteiger partial charge in [-0.05, 0) is 18.2 Å². The molecule has 1 amide bonds. The van der Waals surface area contributed by atoms with Crippen LogP contribution in [0.3, 0.4) is 0 Å². The Labute approximate surface area is 173 Å². The quantitative estimate of drug-likeness (QED) is 0.600. The van der Waals surface area contributed by atoms with E-state index in [-0.39, 0.29) is 39.1 Å². The third kappa shape index (κ3) is 4.23. The second-order valence-electron chi connectivity index (χ2n) is 6.44. The number of ether oxygens (including phenoxy) is 2. The zero-order valence-electron chi connectivity index (χ0n) is 16.5. The summed E-state index contributed by atoms with van der Waals surface area (Å²) in [5, 5.41) is 2.53. The van der Waals surface area contributed by atoms with Crippen molar-refractivity contribution in [2.75, 3.05) is 19.5 Å². The third-order valence-electron chi connectivity index (χ3n) is 4.39. The van der Waals surface area contributed by atoms with E-state index < -0.39 is 29.6 Å². The van der Waals surface area contributed by atoms with Crippen LogP contribution >= 0.6 is 0 Å². The molecular weight excluding hydrogens is 419 g/mol. The van der Waals surface area contributed by atoms with Gasteiger partial charge in [-0.3, -0.25) is 4.79 Å². The summed E-state index contributed by atoms with van der Waals surface area (Å²) in [6.07, 6.45) is -4.56. The minimum atomic E-state index is -4.56. The first-order valence-electron chi connectivity index (χ1n) is 8.79. The first-order valence-corrected chi connectivity index (χ1v) is 8.79. The second kappa shape index (κ2) is 8.13. The van der Waals surface area contributed by atoms with Crippen LogP contribution in [0.1, 0.15) is 33.2 Å². The lowest BCUT2D eigenvalue weighted by molar-refractivity contribution is -0.137. The molecule has 0 unspecified atom stereocenters. The predicted octanol–water partition coefficient (Wildman–Crippen LogP) is 4.65. The standard InChI is InChI=1S/C21H16F3NO6/c1-10(26)25-14-9-16-13(17(19(27)29-2)18(14)20(28)30-3)8-15(31-16)11-5-4-6-12(7-11)21(22,23)24/h4-9H,1-3H3,(H,25,26). The van der Waals surface area contributed by atoms with E-state index in [2.05, 4.69) is 5.32 Å². The number of amides is 1. The maximum atomic E-state index is 13.1. The van der Waals surface area contributed by atoms with Gasteiger partial charge in [-0.25, -0.2) is 9.59 Å². The van der Waals surface area contributed by atoms with Gasteiger partial charge in [0, 0.05) is 23.9 Å². The zero-order chi connectivity index (χ0) is 22.9. The van der Waals surface area contributed by atoms with Crippen molar-refractivity contribution >= 4 is 34.5 Å². The van der Waals surface area contributed by atoms with Crippen molar-refractivity contribution < 1.29 is 41.4 Å². The fraction of sp³-hybridized carbons (Fsp3) is 0.190. The highest BCUT2D eigenvalue weighted by molar-refractivity contribution is 6.17. The number of carbonyl (C=O) groups excluding carboxylic acids is 3. The largest absolute Gasteiger partial charge is 0.465 e. The van der Waals surface area contributed by atoms with Crippen molar-refractivity contribution in [1.82, 2.24) is 0 Å². The molecule has 0 aliphatic rings. The van der Waals surface area contributed by atoms with Gasteiger partial charge >= 0.3 is 18.1 Å². The lowest BCUT2D eigenvalue weighted by atomic mass is 10.00. The summed E-state index contributed by atoms with van der Waals surface area (Å²) in [6, 6.07) is 7.03. The summed E-state index contributed by atoms with van der Waals surface area (Å²) in [7, 11) is 2.18. The molecule has 0 saturated carbocycles. The maximum absolute atomic E-state index is 13.1. The fourth-order valence-electron chi connectivity index (χ4n) is 3.09. The molecule has 3 rings (SSSR count). The molecule has 1 heterocycles. The number of esters is 2. The summed E-state index contributed by atoms with van der Waals surface area (Å²) in [4.78, 5) is 36.5. The molecule has 2 aromatic carbocycles. The molecule has 3 aromatic rings. The van der Waals surface area contributed by atoms with Gasteiger partial charge in [-0.2, -0.15) is 13.2 Å². The van der Waals surface area contributed by atoms with Crippen molar-refractivity contribution in [2.45, 2.75) is 13.1 Å². The fourth-order valence-corrected chi connectivity index (χ4v) is 3.09. The van der Waals surface area contributed by atoms with Crippen molar-refractivity contribution in [2.24, 2.45) is 0 Å². The van der Waals surface area contributed by atoms with Crippen molar-refractivity contribution in [3.05, 3.63) is 53.1 Å². The smallest absolute Gasteiger partial charge is 0.416 e. The van der Waals surface area contributed by atoms with E-state index in [1.165, 1.54) is 31.2 Å². The van der Waals surface area contributed by atoms with Gasteiger partial charge in [0.15, 0.2) is 0 Å². The molecule has 31 heavy (non-hydrogen) atoms. The van der Waals surface area contributed by atoms with E-state index in [0.29, 0.717) is 0 Å². The van der Waals surface area contributed by atoms with Crippen LogP contribution in [0, 0.1) is 0 Å². The van der Waals surface area contributed by atoms with E-state index in [0.717, 1.165) is 26.4 Å². The molecule has 0 saturated heterocycles. The second-order valence-corrected chi connectivity index (χ2v) is 6.44. The normalized spacial score (nSPS) is 11.3. The molecule has 1 N–H and O–H groups in total. The van der Waals surface area contributed by atoms with Gasteiger partial charge in [0.1, 0.15) is 11.3 Å². The molecule has 0 aliphatic carbocycles. The van der Waals surface area contributed by atoms with Crippen LogP contribution < -0.4 is 5.32 Å². The highest BCUT2D eigenvalue weighted by atomic mass is 19.4. The molecule has 0 aliphatic heterocycles. The van der Waals surface area contributed by atoms with Crippen LogP contribution in [0.25, 0.3) is 22.3 Å². The van der Waals surface area contributed by atoms with Crippen molar-refractivity contribution in [3.63, 3.8) is 0 Å². The Bertz CT molecular complexity index is 1200. The molecular formula is C21H16F3NO6. The Hall–Kier alpha value is -3.82. The SMILES string of the molecule is COC(=O)c1c(NC(C)=O)cc2oc(-c3cccc(C(F)(F)F)c3)cc2c1C(=O)OC. The monoisotopic (exact) mass is 435 g/mol. The number of halogens is 3. The van der Waals surface area contributed by atoms with Crippen LogP contribution in [0.2, 0.25) is 0 Å². The van der Waals surface area contributed by atoms with Gasteiger partial charge in [-0.15, -0.1) is 0 Å². The zero-order valence-corrected chi connectivity index (χ0v) is 16.5. The van der Waals surface area contributed by atoms with E-state index in [4.69, 9.17) is 13.9 Å². The Morgan fingerprint density at radius 3 is 2.19 bits per heavy atom. The Morgan fingerprint density at radius 1 is 0.968 bits per heavy atom. The Morgan fingerprint density at radius 2 is 1.61 bits per heavy atom. The first-order chi connectivity index (χ1) is 14.6. The lowest BCUT2D eigenvalue weighted by Gasteiger charge is -2.13. The van der Waals surface area contributed by atoms with Crippen LogP contribution in [0.15, 0.2) is 40.8 Å². The molecule has 10 heteroatoms. The van der Waals surface area contributed by atoms with E-state index in [9.17, 15) is 27.6 Å². The molecule has 1 aromatic heterocycles. The molecule has 0 spiro atoms. The number of nitrogens with one attached hydrogen (secondary N) is 1. The van der Waals surface area contributed by atoms with Gasteiger partial charge in [0.2, 0.25) is 5.91 Å². The van der Waals surface area contributed by atoms with E-state index >= 15 is 0 Å². The molecule has 7 nitrogen and oxygen atoms in total. The predicted molar refractivity (Wildman–Crippen MR) is 104 cm³/mol. The minimum absolute atomic E-state index is 0.0158. The van der Waals surface area contributed by atoms with Crippen molar-refractivity contribution in [3.8, 4) is 11.3 Å². The number of furan rings is 1. The third-order valence-corrected chi connectivity index (χ3v) is 4.39. The number of methoxy groups -OCH3 is 2. The Balaban J connectivity index is 2.32. The highest BCUT2D eigenvalue weighted by Crippen LogP contribution is 2.38. The van der Waals surface area contributed by atoms with Crippen LogP contribution in [-0.2, 0) is 20.4 Å². The molecule has 0 bridgehead atoms. The average Bonchev–Trinajstić information content (AvgIpc) is 3.14. The van der Waals surface area contributed by atoms with Crippen molar-refractivity contribution in [1.29, 1.82) is 0 Å². The minimum Gasteiger partial charge on any atom is -0.465 e. The summed E-state index contributed by atoms with van der Waals surface area (Å²) in [5.41, 5.74) is -1.33. The lowest BCUT2D eigenvalue weighted by Crippen LogP contribution is -2.17. The topological polar surface area (TPSA) is 94.8 Å². The van der Waals surface area contributed by atoms with Crippen LogP contribution in [0.4, 0.5) is 18.9 Å². The summed E-state index contributed by atoms with van der Waals surface area (Å²) >= 11 is 0. The number of benzene rings is 2. The average molecular weight is 435 g/mol. The number of hydrogen-bond donors (Lipinski definition) is 1. The van der Waals surface area contributed by atoms with Gasteiger partial charge in [-0.1, -0.05) is 12.1 Å². The maximum Gasteiger partial charge on any atom is 0.416 e. The molecule has 0 fully saturated rings. The van der Waals surface area contributed by atoms with E-state index in [1.807, 2.05) is 0 Å². The van der Waals surface area contributed by atoms with Crippen LogP contribution in [-0.4, -0.2) is 32.1 Å². The number of anilines is 1. The Kier molecular flexibility index (Phi) is 5.74. The summed E-state index contributed by atoms with van der Waals surface area (Å²) in [5.74, 6) is -2.37. The number of hydrogen-bond acceptors (Lipinski definition) is 6. The molecule has 162 valence electrons. The van der Waals surface area contributed by atoms with Gasteiger partial charge < -0.3 is 19.2 Å². The molecule has 0 atom stereocenters. The highest BCUT2D eigenvalue weighted by Gasteiger charge is 2.31. The van der Waals surface area contributed by atoms with Gasteiger partial charge in [0.25, 0.3) is 0 Å². The number of fused-ring (bicyclic) bond motifs is 1. The molecule has 0 radical (unpaired) electrons. The summed E-state index contributed by atoms with van der Waals surface area (Å²) < 4.78 is 54.4. The van der Waals surface area contributed by atoms with Crippen LogP contribution in [0.5, 0.6) is 0 Å². The summed E-state index contributed by atoms with van der Waals surface area (Å²) in [6.45, 7) is 1.19. The number of rotatable bonds is 4. The van der Waals surface area contributed by atoms with E-state index in [1.54, 1.807) is 0 Å². The number of carbonyl (C=O) groups is 3.